The molecule has 0 aliphatic heterocycles. The summed E-state index contributed by atoms with van der Waals surface area (Å²) in [6.07, 6.45) is 1.09. The van der Waals surface area contributed by atoms with Gasteiger partial charge in [0.05, 0.1) is 15.2 Å². The van der Waals surface area contributed by atoms with Crippen LogP contribution in [0.2, 0.25) is 0 Å². The van der Waals surface area contributed by atoms with Gasteiger partial charge in [0.15, 0.2) is 0 Å². The third kappa shape index (κ3) is 4.29. The molecule has 0 saturated heterocycles. The number of nitrogens with zero attached hydrogens (tertiary/aromatic N) is 1. The average Bonchev–Trinajstić information content (AvgIpc) is 2.80. The lowest BCUT2D eigenvalue weighted by atomic mass is 9.93. The molecule has 3 heteroatoms. The van der Waals surface area contributed by atoms with E-state index in [1.807, 2.05) is 11.3 Å². The Morgan fingerprint density at radius 1 is 1.05 bits per heavy atom. The smallest absolute Gasteiger partial charge is 0.0941 e. The Kier molecular flexibility index (Phi) is 5.55. The van der Waals surface area contributed by atoms with Crippen molar-refractivity contribution in [2.75, 3.05) is 13.1 Å². The van der Waals surface area contributed by atoms with Gasteiger partial charge in [0.1, 0.15) is 0 Å². The Labute approximate surface area is 126 Å². The number of nitrogens with one attached hydrogen (secondary N) is 1. The van der Waals surface area contributed by atoms with Gasteiger partial charge in [-0.2, -0.15) is 0 Å². The molecule has 0 saturated carbocycles. The molecule has 0 amide bonds. The number of rotatable bonds is 7. The molecule has 20 heavy (non-hydrogen) atoms. The van der Waals surface area contributed by atoms with Gasteiger partial charge in [0.2, 0.25) is 0 Å². The summed E-state index contributed by atoms with van der Waals surface area (Å²) in [6, 6.07) is 8.42. The van der Waals surface area contributed by atoms with Gasteiger partial charge >= 0.3 is 0 Å². The quantitative estimate of drug-likeness (QED) is 0.819. The Hall–Kier alpha value is -0.930. The second kappa shape index (κ2) is 7.19. The van der Waals surface area contributed by atoms with Crippen molar-refractivity contribution in [3.8, 4) is 0 Å². The minimum atomic E-state index is 0.662. The molecule has 0 radical (unpaired) electrons. The van der Waals surface area contributed by atoms with Crippen LogP contribution in [0.15, 0.2) is 24.3 Å². The van der Waals surface area contributed by atoms with E-state index >= 15 is 0 Å². The minimum absolute atomic E-state index is 0.662. The summed E-state index contributed by atoms with van der Waals surface area (Å²) in [5.74, 6) is 2.07. The molecule has 1 aromatic carbocycles. The fraction of sp³-hybridized carbons (Fsp3) is 0.588. The maximum Gasteiger partial charge on any atom is 0.0941 e. The SMILES string of the molecule is CC(C)CNCC(C)C(C)Cc1nc2ccccc2s1. The molecular formula is C17H26N2S. The number of benzene rings is 1. The predicted octanol–water partition coefficient (Wildman–Crippen LogP) is 4.36. The first-order chi connectivity index (χ1) is 9.56. The van der Waals surface area contributed by atoms with Crippen LogP contribution in [0, 0.1) is 17.8 Å². The van der Waals surface area contributed by atoms with E-state index in [-0.39, 0.29) is 0 Å². The monoisotopic (exact) mass is 290 g/mol. The predicted molar refractivity (Wildman–Crippen MR) is 89.4 cm³/mol. The van der Waals surface area contributed by atoms with Crippen LogP contribution in [0.1, 0.15) is 32.7 Å². The molecule has 2 atom stereocenters. The van der Waals surface area contributed by atoms with Crippen molar-refractivity contribution in [2.45, 2.75) is 34.1 Å². The van der Waals surface area contributed by atoms with Gasteiger partial charge in [-0.1, -0.05) is 39.8 Å². The van der Waals surface area contributed by atoms with Gasteiger partial charge in [0.25, 0.3) is 0 Å². The fourth-order valence-corrected chi connectivity index (χ4v) is 3.39. The summed E-state index contributed by atoms with van der Waals surface area (Å²) in [7, 11) is 0. The summed E-state index contributed by atoms with van der Waals surface area (Å²) < 4.78 is 1.31. The van der Waals surface area contributed by atoms with Crippen LogP contribution in [0.4, 0.5) is 0 Å². The van der Waals surface area contributed by atoms with Crippen LogP contribution < -0.4 is 5.32 Å². The van der Waals surface area contributed by atoms with Crippen molar-refractivity contribution in [3.63, 3.8) is 0 Å². The van der Waals surface area contributed by atoms with Crippen LogP contribution in [-0.2, 0) is 6.42 Å². The van der Waals surface area contributed by atoms with E-state index in [1.54, 1.807) is 0 Å². The molecule has 110 valence electrons. The molecule has 2 nitrogen and oxygen atoms in total. The van der Waals surface area contributed by atoms with Gasteiger partial charge in [0, 0.05) is 6.42 Å². The summed E-state index contributed by atoms with van der Waals surface area (Å²) in [4.78, 5) is 4.74. The maximum absolute atomic E-state index is 4.74. The Morgan fingerprint density at radius 3 is 2.50 bits per heavy atom. The highest BCUT2D eigenvalue weighted by Gasteiger charge is 2.15. The number of fused-ring (bicyclic) bond motifs is 1. The van der Waals surface area contributed by atoms with Crippen molar-refractivity contribution < 1.29 is 0 Å². The average molecular weight is 290 g/mol. The molecule has 1 heterocycles. The van der Waals surface area contributed by atoms with Crippen LogP contribution in [-0.4, -0.2) is 18.1 Å². The summed E-state index contributed by atoms with van der Waals surface area (Å²) in [5.41, 5.74) is 1.14. The first kappa shape index (κ1) is 15.5. The van der Waals surface area contributed by atoms with Gasteiger partial charge in [-0.05, 0) is 43.0 Å². The summed E-state index contributed by atoms with van der Waals surface area (Å²) in [5, 5.41) is 4.83. The second-order valence-corrected chi connectivity index (χ2v) is 7.40. The Morgan fingerprint density at radius 2 is 1.80 bits per heavy atom. The van der Waals surface area contributed by atoms with E-state index in [0.29, 0.717) is 11.8 Å². The van der Waals surface area contributed by atoms with Crippen LogP contribution >= 0.6 is 11.3 Å². The number of thiazole rings is 1. The third-order valence-corrected chi connectivity index (χ3v) is 4.88. The first-order valence-corrected chi connectivity index (χ1v) is 8.43. The topological polar surface area (TPSA) is 24.9 Å². The lowest BCUT2D eigenvalue weighted by molar-refractivity contribution is 0.357. The number of aromatic nitrogens is 1. The molecule has 1 aromatic heterocycles. The van der Waals surface area contributed by atoms with Crippen molar-refractivity contribution in [2.24, 2.45) is 17.8 Å². The zero-order valence-electron chi connectivity index (χ0n) is 13.0. The van der Waals surface area contributed by atoms with E-state index in [9.17, 15) is 0 Å². The molecular weight excluding hydrogens is 264 g/mol. The maximum atomic E-state index is 4.74. The van der Waals surface area contributed by atoms with Crippen molar-refractivity contribution in [1.29, 1.82) is 0 Å². The zero-order valence-corrected chi connectivity index (χ0v) is 13.8. The lowest BCUT2D eigenvalue weighted by Crippen LogP contribution is -2.28. The number of para-hydroxylation sites is 1. The van der Waals surface area contributed by atoms with Crippen LogP contribution in [0.25, 0.3) is 10.2 Å². The molecule has 2 aromatic rings. The second-order valence-electron chi connectivity index (χ2n) is 6.29. The number of hydrogen-bond donors (Lipinski definition) is 1. The molecule has 0 aliphatic carbocycles. The van der Waals surface area contributed by atoms with Crippen LogP contribution in [0.5, 0.6) is 0 Å². The van der Waals surface area contributed by atoms with Crippen molar-refractivity contribution >= 4 is 21.6 Å². The van der Waals surface area contributed by atoms with Gasteiger partial charge in [-0.15, -0.1) is 11.3 Å². The standard InChI is InChI=1S/C17H26N2S/c1-12(2)10-18-11-14(4)13(3)9-17-19-15-7-5-6-8-16(15)20-17/h5-8,12-14,18H,9-11H2,1-4H3. The highest BCUT2D eigenvalue weighted by Crippen LogP contribution is 2.25. The first-order valence-electron chi connectivity index (χ1n) is 7.61. The lowest BCUT2D eigenvalue weighted by Gasteiger charge is -2.20. The van der Waals surface area contributed by atoms with Gasteiger partial charge in [-0.25, -0.2) is 4.98 Å². The molecule has 0 bridgehead atoms. The zero-order chi connectivity index (χ0) is 14.5. The highest BCUT2D eigenvalue weighted by molar-refractivity contribution is 7.18. The normalized spacial score (nSPS) is 14.8. The number of hydrogen-bond acceptors (Lipinski definition) is 3. The molecule has 1 N–H and O–H groups in total. The fourth-order valence-electron chi connectivity index (χ4n) is 2.28. The molecule has 0 fully saturated rings. The summed E-state index contributed by atoms with van der Waals surface area (Å²) >= 11 is 1.84. The van der Waals surface area contributed by atoms with Gasteiger partial charge in [-0.3, -0.25) is 0 Å². The van der Waals surface area contributed by atoms with Crippen LogP contribution in [0.3, 0.4) is 0 Å². The van der Waals surface area contributed by atoms with E-state index in [2.05, 4.69) is 57.3 Å². The van der Waals surface area contributed by atoms with Crippen molar-refractivity contribution in [3.05, 3.63) is 29.3 Å². The minimum Gasteiger partial charge on any atom is -0.316 e. The summed E-state index contributed by atoms with van der Waals surface area (Å²) in [6.45, 7) is 11.4. The largest absolute Gasteiger partial charge is 0.316 e. The third-order valence-electron chi connectivity index (χ3n) is 3.83. The molecule has 0 spiro atoms. The Balaban J connectivity index is 1.88. The van der Waals surface area contributed by atoms with Gasteiger partial charge < -0.3 is 5.32 Å². The highest BCUT2D eigenvalue weighted by atomic mass is 32.1. The van der Waals surface area contributed by atoms with E-state index < -0.39 is 0 Å². The van der Waals surface area contributed by atoms with Crippen molar-refractivity contribution in [1.82, 2.24) is 10.3 Å². The van der Waals surface area contributed by atoms with E-state index in [1.165, 1.54) is 9.71 Å². The van der Waals surface area contributed by atoms with E-state index in [4.69, 9.17) is 4.98 Å². The molecule has 2 unspecified atom stereocenters. The molecule has 0 aliphatic rings. The molecule has 2 rings (SSSR count). The van der Waals surface area contributed by atoms with E-state index in [0.717, 1.165) is 30.9 Å². The Bertz CT molecular complexity index is 500.